The molecule has 1 amide bonds. The second kappa shape index (κ2) is 6.43. The van der Waals surface area contributed by atoms with Gasteiger partial charge >= 0.3 is 0 Å². The number of primary amides is 1. The molecular weight excluding hydrogens is 271 g/mol. The summed E-state index contributed by atoms with van der Waals surface area (Å²) in [5.41, 5.74) is 5.33. The molecule has 1 aromatic rings. The Bertz CT molecular complexity index is 517. The van der Waals surface area contributed by atoms with Crippen molar-refractivity contribution in [2.75, 3.05) is 6.61 Å². The van der Waals surface area contributed by atoms with Gasteiger partial charge in [-0.2, -0.15) is 0 Å². The number of benzene rings is 1. The molecule has 0 bridgehead atoms. The Morgan fingerprint density at radius 2 is 2.24 bits per heavy atom. The Labute approximate surface area is 124 Å². The minimum Gasteiger partial charge on any atom is -0.491 e. The van der Waals surface area contributed by atoms with Crippen LogP contribution in [0, 0.1) is 12.7 Å². The predicted octanol–water partition coefficient (Wildman–Crippen LogP) is 2.29. The molecule has 0 spiro atoms. The van der Waals surface area contributed by atoms with E-state index in [2.05, 4.69) is 5.32 Å². The van der Waals surface area contributed by atoms with Crippen LogP contribution in [0.2, 0.25) is 0 Å². The maximum absolute atomic E-state index is 13.8. The lowest BCUT2D eigenvalue weighted by atomic mass is 9.95. The van der Waals surface area contributed by atoms with Gasteiger partial charge in [0.25, 0.3) is 0 Å². The van der Waals surface area contributed by atoms with Crippen LogP contribution in [-0.2, 0) is 4.79 Å². The summed E-state index contributed by atoms with van der Waals surface area (Å²) in [5, 5.41) is 3.28. The fourth-order valence-corrected chi connectivity index (χ4v) is 2.28. The van der Waals surface area contributed by atoms with Crippen molar-refractivity contribution in [1.82, 2.24) is 5.32 Å². The molecule has 0 aromatic heterocycles. The molecule has 0 saturated heterocycles. The summed E-state index contributed by atoms with van der Waals surface area (Å²) in [7, 11) is 0. The monoisotopic (exact) mass is 294 g/mol. The summed E-state index contributed by atoms with van der Waals surface area (Å²) >= 11 is 0. The van der Waals surface area contributed by atoms with Crippen LogP contribution >= 0.6 is 0 Å². The van der Waals surface area contributed by atoms with Gasteiger partial charge in [0.2, 0.25) is 5.91 Å². The van der Waals surface area contributed by atoms with E-state index in [1.165, 1.54) is 0 Å². The first-order chi connectivity index (χ1) is 9.92. The number of nitrogens with one attached hydrogen (secondary N) is 1. The Balaban J connectivity index is 1.82. The van der Waals surface area contributed by atoms with Crippen LogP contribution in [0.5, 0.6) is 5.75 Å². The summed E-state index contributed by atoms with van der Waals surface area (Å²) in [6, 6.07) is 5.47. The number of nitrogens with two attached hydrogens (primary N) is 1. The number of hydrogen-bond acceptors (Lipinski definition) is 3. The first kappa shape index (κ1) is 15.8. The summed E-state index contributed by atoms with van der Waals surface area (Å²) in [4.78, 5) is 11.6. The number of hydrogen-bond donors (Lipinski definition) is 2. The number of ether oxygens (including phenoxy) is 1. The molecule has 1 atom stereocenters. The minimum atomic E-state index is -0.713. The van der Waals surface area contributed by atoms with Gasteiger partial charge in [-0.15, -0.1) is 0 Å². The van der Waals surface area contributed by atoms with E-state index in [4.69, 9.17) is 10.5 Å². The van der Waals surface area contributed by atoms with Crippen LogP contribution < -0.4 is 15.8 Å². The average molecular weight is 294 g/mol. The van der Waals surface area contributed by atoms with Gasteiger partial charge in [0, 0.05) is 6.04 Å². The fraction of sp³-hybridized carbons (Fsp3) is 0.562. The largest absolute Gasteiger partial charge is 0.491 e. The van der Waals surface area contributed by atoms with Gasteiger partial charge in [0.1, 0.15) is 0 Å². The Hall–Kier alpha value is -1.62. The van der Waals surface area contributed by atoms with Gasteiger partial charge in [0.05, 0.1) is 12.1 Å². The van der Waals surface area contributed by atoms with Crippen LogP contribution in [0.1, 0.15) is 38.2 Å². The third-order valence-electron chi connectivity index (χ3n) is 3.88. The Kier molecular flexibility index (Phi) is 4.83. The van der Waals surface area contributed by atoms with Crippen molar-refractivity contribution in [3.63, 3.8) is 0 Å². The smallest absolute Gasteiger partial charge is 0.237 e. The molecule has 0 aliphatic heterocycles. The van der Waals surface area contributed by atoms with Crippen LogP contribution in [-0.4, -0.2) is 24.1 Å². The minimum absolute atomic E-state index is 0.255. The maximum Gasteiger partial charge on any atom is 0.237 e. The van der Waals surface area contributed by atoms with Gasteiger partial charge < -0.3 is 15.8 Å². The predicted molar refractivity (Wildman–Crippen MR) is 79.6 cm³/mol. The molecule has 21 heavy (non-hydrogen) atoms. The van der Waals surface area contributed by atoms with Gasteiger partial charge in [-0.1, -0.05) is 12.1 Å². The molecule has 2 rings (SSSR count). The van der Waals surface area contributed by atoms with E-state index >= 15 is 0 Å². The summed E-state index contributed by atoms with van der Waals surface area (Å²) in [6.45, 7) is 3.88. The molecule has 1 aliphatic carbocycles. The fourth-order valence-electron chi connectivity index (χ4n) is 2.28. The van der Waals surface area contributed by atoms with E-state index in [0.717, 1.165) is 12.8 Å². The highest BCUT2D eigenvalue weighted by atomic mass is 19.1. The molecule has 3 N–H and O–H groups in total. The number of rotatable bonds is 8. The normalized spacial score (nSPS) is 17.3. The second-order valence-electron chi connectivity index (χ2n) is 5.95. The first-order valence-electron chi connectivity index (χ1n) is 7.38. The van der Waals surface area contributed by atoms with E-state index in [-0.39, 0.29) is 17.5 Å². The third kappa shape index (κ3) is 4.17. The molecular formula is C16H23FN2O2. The van der Waals surface area contributed by atoms with Crippen LogP contribution in [0.4, 0.5) is 4.39 Å². The van der Waals surface area contributed by atoms with Crippen molar-refractivity contribution >= 4 is 5.91 Å². The molecule has 1 unspecified atom stereocenters. The standard InChI is InChI=1S/C16H23FN2O2/c1-11-5-3-6-13(14(11)17)21-10-4-9-16(2,15(18)20)19-12-7-8-12/h3,5-6,12,19H,4,7-10H2,1-2H3,(H2,18,20). The number of carbonyl (C=O) groups excluding carboxylic acids is 1. The third-order valence-corrected chi connectivity index (χ3v) is 3.88. The molecule has 0 heterocycles. The quantitative estimate of drug-likeness (QED) is 0.723. The summed E-state index contributed by atoms with van der Waals surface area (Å²) < 4.78 is 19.2. The lowest BCUT2D eigenvalue weighted by Gasteiger charge is -2.27. The Morgan fingerprint density at radius 3 is 2.86 bits per heavy atom. The molecule has 1 fully saturated rings. The zero-order valence-corrected chi connectivity index (χ0v) is 12.6. The van der Waals surface area contributed by atoms with Crippen LogP contribution in [0.3, 0.4) is 0 Å². The average Bonchev–Trinajstić information content (AvgIpc) is 3.23. The van der Waals surface area contributed by atoms with Crippen molar-refractivity contribution in [2.45, 2.75) is 51.1 Å². The molecule has 1 saturated carbocycles. The van der Waals surface area contributed by atoms with E-state index in [1.807, 2.05) is 6.92 Å². The van der Waals surface area contributed by atoms with E-state index < -0.39 is 5.54 Å². The summed E-state index contributed by atoms with van der Waals surface area (Å²) in [6.07, 6.45) is 3.39. The lowest BCUT2D eigenvalue weighted by Crippen LogP contribution is -2.54. The van der Waals surface area contributed by atoms with Crippen molar-refractivity contribution < 1.29 is 13.9 Å². The highest BCUT2D eigenvalue weighted by Gasteiger charge is 2.36. The SMILES string of the molecule is Cc1cccc(OCCCC(C)(NC2CC2)C(N)=O)c1F. The van der Waals surface area contributed by atoms with Crippen LogP contribution in [0.15, 0.2) is 18.2 Å². The van der Waals surface area contributed by atoms with E-state index in [1.54, 1.807) is 25.1 Å². The molecule has 5 heteroatoms. The highest BCUT2D eigenvalue weighted by Crippen LogP contribution is 2.25. The van der Waals surface area contributed by atoms with Crippen molar-refractivity contribution in [3.8, 4) is 5.75 Å². The maximum atomic E-state index is 13.8. The highest BCUT2D eigenvalue weighted by molar-refractivity contribution is 5.84. The molecule has 1 aliphatic rings. The van der Waals surface area contributed by atoms with Gasteiger partial charge in [-0.3, -0.25) is 4.79 Å². The van der Waals surface area contributed by atoms with Crippen molar-refractivity contribution in [2.24, 2.45) is 5.73 Å². The van der Waals surface area contributed by atoms with Crippen LogP contribution in [0.25, 0.3) is 0 Å². The molecule has 1 aromatic carbocycles. The zero-order chi connectivity index (χ0) is 15.5. The Morgan fingerprint density at radius 1 is 1.52 bits per heavy atom. The van der Waals surface area contributed by atoms with E-state index in [9.17, 15) is 9.18 Å². The first-order valence-corrected chi connectivity index (χ1v) is 7.38. The van der Waals surface area contributed by atoms with E-state index in [0.29, 0.717) is 31.1 Å². The number of amides is 1. The lowest BCUT2D eigenvalue weighted by molar-refractivity contribution is -0.124. The topological polar surface area (TPSA) is 64.3 Å². The molecule has 0 radical (unpaired) electrons. The molecule has 116 valence electrons. The zero-order valence-electron chi connectivity index (χ0n) is 12.6. The van der Waals surface area contributed by atoms with Crippen molar-refractivity contribution in [3.05, 3.63) is 29.6 Å². The summed E-state index contributed by atoms with van der Waals surface area (Å²) in [5.74, 6) is -0.423. The molecule has 4 nitrogen and oxygen atoms in total. The van der Waals surface area contributed by atoms with Gasteiger partial charge in [-0.25, -0.2) is 4.39 Å². The van der Waals surface area contributed by atoms with Gasteiger partial charge in [-0.05, 0) is 51.2 Å². The number of carbonyl (C=O) groups is 1. The number of halogens is 1. The second-order valence-corrected chi connectivity index (χ2v) is 5.95. The van der Waals surface area contributed by atoms with Gasteiger partial charge in [0.15, 0.2) is 11.6 Å². The number of aryl methyl sites for hydroxylation is 1. The van der Waals surface area contributed by atoms with Crippen molar-refractivity contribution in [1.29, 1.82) is 0 Å².